The predicted octanol–water partition coefficient (Wildman–Crippen LogP) is -8.07. The maximum Gasteiger partial charge on any atom is 0.187 e. The lowest BCUT2D eigenvalue weighted by Crippen LogP contribution is -2.65. The van der Waals surface area contributed by atoms with E-state index in [4.69, 9.17) is 75.8 Å². The molecule has 28 N–H and O–H groups in total. The first-order valence-corrected chi connectivity index (χ1v) is 46.2. The minimum Gasteiger partial charge on any atom is -0.394 e. The monoisotopic (exact) mass is 1890 g/mol. The van der Waals surface area contributed by atoms with Crippen LogP contribution in [-0.2, 0) is 88.6 Å². The van der Waals surface area contributed by atoms with E-state index in [1.807, 2.05) is 0 Å². The van der Waals surface area contributed by atoms with Crippen molar-refractivity contribution in [2.75, 3.05) is 79.3 Å². The standard InChI is InChI=1S/C86H150O44/c1-3-5-7-9-11-13-15-17-19-21-26-85(39-115-77-69(111)61(103)73(49(35-91)123-77)127-81-65(107)57(99)53(95)45(31-87)119-81,40-116-78-70(112)62(104)74(50(36-92)124-78)128-82-66(108)58(100)54(96)46(32-88)120-82)29-43-24-23-25-44(28-43)30-86(27-22-20-18-16-14-12-10-8-6-4-2,41-117-79-71(113)63(105)75(51(37-93)125-79)129-83-67(109)59(101)55(97)47(33-89)121-83)42-118-80-72(114)64(106)76(52(38-94)126-80)130-84-68(110)60(102)56(98)48(34-90)122-84/h23-25,28,45-84,87-114H,3-22,26-27,29-42H2,1-2H3/t45?,46?,47?,48?,49?,50?,51?,52?,53-,54-,55-,56-,57+,58+,59+,60+,61-,62-,63-,64-,65?,66?,67?,68?,69?,70?,71?,72?,73-,74-,75-,76-,77-,78-,79-,80-,81+,82+,83+,84+,85?,86?/m1/s1. The van der Waals surface area contributed by atoms with Gasteiger partial charge in [-0.2, -0.15) is 0 Å². The number of aliphatic hydroxyl groups excluding tert-OH is 28. The highest BCUT2D eigenvalue weighted by Crippen LogP contribution is 2.42. The van der Waals surface area contributed by atoms with Crippen LogP contribution in [0.1, 0.15) is 166 Å². The number of rotatable bonds is 54. The van der Waals surface area contributed by atoms with E-state index in [1.54, 1.807) is 24.3 Å². The second-order valence-corrected chi connectivity index (χ2v) is 36.3. The molecular formula is C86H150O44. The molecule has 758 valence electrons. The van der Waals surface area contributed by atoms with Gasteiger partial charge in [0.25, 0.3) is 0 Å². The lowest BCUT2D eigenvalue weighted by atomic mass is 9.76. The summed E-state index contributed by atoms with van der Waals surface area (Å²) < 4.78 is 97.0. The summed E-state index contributed by atoms with van der Waals surface area (Å²) >= 11 is 0. The highest BCUT2D eigenvalue weighted by Gasteiger charge is 2.58. The molecule has 1 aromatic rings. The summed E-state index contributed by atoms with van der Waals surface area (Å²) in [6.45, 7) is -5.15. The average molecular weight is 1890 g/mol. The van der Waals surface area contributed by atoms with Crippen LogP contribution < -0.4 is 0 Å². The highest BCUT2D eigenvalue weighted by atomic mass is 16.8. The van der Waals surface area contributed by atoms with Crippen molar-refractivity contribution in [2.45, 2.75) is 414 Å². The van der Waals surface area contributed by atoms with Crippen molar-refractivity contribution in [1.82, 2.24) is 0 Å². The van der Waals surface area contributed by atoms with Crippen molar-refractivity contribution in [2.24, 2.45) is 10.8 Å². The fraction of sp³-hybridized carbons (Fsp3) is 0.930. The normalized spacial score (nSPS) is 41.5. The Kier molecular flexibility index (Phi) is 46.4. The van der Waals surface area contributed by atoms with Gasteiger partial charge in [0.2, 0.25) is 0 Å². The van der Waals surface area contributed by atoms with Crippen LogP contribution in [0.2, 0.25) is 0 Å². The van der Waals surface area contributed by atoms with Crippen LogP contribution in [0.5, 0.6) is 0 Å². The Labute approximate surface area is 755 Å². The molecule has 9 rings (SSSR count). The summed E-state index contributed by atoms with van der Waals surface area (Å²) in [5.41, 5.74) is -1.97. The molecule has 0 aliphatic carbocycles. The predicted molar refractivity (Wildman–Crippen MR) is 441 cm³/mol. The van der Waals surface area contributed by atoms with Crippen molar-refractivity contribution in [3.05, 3.63) is 35.4 Å². The fourth-order valence-electron chi connectivity index (χ4n) is 18.3. The Balaban J connectivity index is 1.10. The molecule has 8 aliphatic heterocycles. The van der Waals surface area contributed by atoms with Gasteiger partial charge in [-0.3, -0.25) is 0 Å². The largest absolute Gasteiger partial charge is 0.394 e. The van der Waals surface area contributed by atoms with Gasteiger partial charge in [0.1, 0.15) is 195 Å². The molecule has 130 heavy (non-hydrogen) atoms. The Morgan fingerprint density at radius 1 is 0.231 bits per heavy atom. The van der Waals surface area contributed by atoms with Crippen molar-refractivity contribution in [3.63, 3.8) is 0 Å². The molecule has 0 saturated carbocycles. The highest BCUT2D eigenvalue weighted by molar-refractivity contribution is 5.26. The zero-order chi connectivity index (χ0) is 94.8. The minimum atomic E-state index is -2.08. The number of hydrogen-bond acceptors (Lipinski definition) is 44. The average Bonchev–Trinajstić information content (AvgIpc) is 0.789. The molecule has 44 heteroatoms. The molecule has 1 aromatic carbocycles. The molecule has 0 amide bonds. The molecular weight excluding hydrogens is 1740 g/mol. The summed E-state index contributed by atoms with van der Waals surface area (Å²) in [5, 5.41) is 309. The number of ether oxygens (including phenoxy) is 16. The Morgan fingerprint density at radius 3 is 0.631 bits per heavy atom. The molecule has 8 aliphatic rings. The van der Waals surface area contributed by atoms with Crippen LogP contribution in [0, 0.1) is 10.8 Å². The van der Waals surface area contributed by atoms with Gasteiger partial charge in [0.05, 0.1) is 79.3 Å². The van der Waals surface area contributed by atoms with Crippen molar-refractivity contribution in [3.8, 4) is 0 Å². The maximum atomic E-state index is 12.1. The molecule has 8 heterocycles. The van der Waals surface area contributed by atoms with Gasteiger partial charge in [-0.05, 0) is 36.8 Å². The van der Waals surface area contributed by atoms with Crippen LogP contribution in [0.25, 0.3) is 0 Å². The van der Waals surface area contributed by atoms with E-state index in [0.717, 1.165) is 103 Å². The Hall–Kier alpha value is -2.54. The summed E-state index contributed by atoms with van der Waals surface area (Å²) in [4.78, 5) is 0. The summed E-state index contributed by atoms with van der Waals surface area (Å²) in [7, 11) is 0. The van der Waals surface area contributed by atoms with Gasteiger partial charge in [-0.25, -0.2) is 0 Å². The van der Waals surface area contributed by atoms with Crippen LogP contribution in [0.4, 0.5) is 0 Å². The molecule has 0 bridgehead atoms. The second-order valence-electron chi connectivity index (χ2n) is 36.3. The third-order valence-electron chi connectivity index (χ3n) is 26.3. The molecule has 0 aromatic heterocycles. The first-order chi connectivity index (χ1) is 62.3. The molecule has 40 atom stereocenters. The van der Waals surface area contributed by atoms with Gasteiger partial charge in [0.15, 0.2) is 50.3 Å². The van der Waals surface area contributed by atoms with Crippen molar-refractivity contribution < 1.29 is 219 Å². The number of hydrogen-bond donors (Lipinski definition) is 28. The zero-order valence-electron chi connectivity index (χ0n) is 73.9. The second kappa shape index (κ2) is 54.3. The third-order valence-corrected chi connectivity index (χ3v) is 26.3. The van der Waals surface area contributed by atoms with Crippen molar-refractivity contribution in [1.29, 1.82) is 0 Å². The van der Waals surface area contributed by atoms with Crippen LogP contribution in [0.3, 0.4) is 0 Å². The van der Waals surface area contributed by atoms with Gasteiger partial charge in [-0.15, -0.1) is 0 Å². The Bertz CT molecular complexity index is 2890. The molecule has 16 unspecified atom stereocenters. The summed E-state index contributed by atoms with van der Waals surface area (Å²) in [6, 6.07) is 6.96. The molecule has 8 saturated heterocycles. The van der Waals surface area contributed by atoms with E-state index in [1.165, 1.54) is 0 Å². The summed E-state index contributed by atoms with van der Waals surface area (Å²) in [6.07, 6.45) is -56.6. The summed E-state index contributed by atoms with van der Waals surface area (Å²) in [5.74, 6) is 0. The number of benzene rings is 1. The first kappa shape index (κ1) is 111. The van der Waals surface area contributed by atoms with E-state index in [0.29, 0.717) is 36.8 Å². The first-order valence-electron chi connectivity index (χ1n) is 46.2. The van der Waals surface area contributed by atoms with E-state index in [2.05, 4.69) is 13.8 Å². The van der Waals surface area contributed by atoms with Crippen molar-refractivity contribution >= 4 is 0 Å². The quantitative estimate of drug-likeness (QED) is 0.0269. The number of unbranched alkanes of at least 4 members (excludes halogenated alkanes) is 18. The van der Waals surface area contributed by atoms with Gasteiger partial charge in [0, 0.05) is 10.8 Å². The SMILES string of the molecule is CCCCCCCCCCCCC(CO[C@@H]1OC(CO)[C@@H](O[C@@H]2OC(CO)[C@@H](O)[C@H](O)C2O)[C@H](O)C1O)(CO[C@@H]1OC(CO)[C@@H](O[C@@H]2OC(CO)[C@@H](O)[C@H](O)C2O)[C@H](O)C1O)Cc1cccc(CC(CCCCCCCCCCCC)(CO[C@@H]2OC(CO)[C@@H](O[C@@H]3OC(CO)[C@@H](O)[C@H](O)C3O)[C@H](O)C2O)CO[C@@H]2OC(CO)[C@@H](O[C@@H]3OC(CO)[C@@H](O)[C@H](O)C3O)[C@H](O)C2O)c1. The van der Waals surface area contributed by atoms with E-state index < -0.39 is 336 Å². The smallest absolute Gasteiger partial charge is 0.187 e. The molecule has 0 radical (unpaired) electrons. The zero-order valence-corrected chi connectivity index (χ0v) is 73.9. The van der Waals surface area contributed by atoms with E-state index in [-0.39, 0.29) is 25.7 Å². The van der Waals surface area contributed by atoms with Crippen LogP contribution in [0.15, 0.2) is 24.3 Å². The molecule has 8 fully saturated rings. The molecule has 0 spiro atoms. The van der Waals surface area contributed by atoms with Gasteiger partial charge in [-0.1, -0.05) is 167 Å². The van der Waals surface area contributed by atoms with Gasteiger partial charge < -0.3 is 219 Å². The van der Waals surface area contributed by atoms with E-state index >= 15 is 0 Å². The van der Waals surface area contributed by atoms with E-state index in [9.17, 15) is 143 Å². The fourth-order valence-corrected chi connectivity index (χ4v) is 18.3. The van der Waals surface area contributed by atoms with Gasteiger partial charge >= 0.3 is 0 Å². The topological polar surface area (TPSA) is 714 Å². The Morgan fingerprint density at radius 2 is 0.423 bits per heavy atom. The van der Waals surface area contributed by atoms with Crippen LogP contribution >= 0.6 is 0 Å². The number of aliphatic hydroxyl groups is 28. The van der Waals surface area contributed by atoms with Crippen LogP contribution in [-0.4, -0.2) is 468 Å². The minimum absolute atomic E-state index is 0.115. The third kappa shape index (κ3) is 28.9. The lowest BCUT2D eigenvalue weighted by Gasteiger charge is -2.47. The molecule has 44 nitrogen and oxygen atoms in total. The lowest BCUT2D eigenvalue weighted by molar-refractivity contribution is -0.365. The maximum absolute atomic E-state index is 12.1.